The second-order valence-corrected chi connectivity index (χ2v) is 37.9. The van der Waals surface area contributed by atoms with Crippen LogP contribution in [0, 0.1) is 0 Å². The molecule has 1 saturated heterocycles. The quantitative estimate of drug-likeness (QED) is 0.0319. The Kier molecular flexibility index (Phi) is 84.8. The fourth-order valence-corrected chi connectivity index (χ4v) is 15.7. The van der Waals surface area contributed by atoms with E-state index >= 15 is 0 Å². The molecule has 0 atom stereocenters. The van der Waals surface area contributed by atoms with Crippen LogP contribution in [0.1, 0.15) is 458 Å². The molecule has 0 aliphatic carbocycles. The highest BCUT2D eigenvalue weighted by Crippen LogP contribution is 2.54. The lowest BCUT2D eigenvalue weighted by atomic mass is 10.0. The van der Waals surface area contributed by atoms with E-state index in [0.717, 1.165) is 25.7 Å². The lowest BCUT2D eigenvalue weighted by molar-refractivity contribution is 0.249. The van der Waals surface area contributed by atoms with Crippen molar-refractivity contribution in [2.45, 2.75) is 458 Å². The molecule has 88 heavy (non-hydrogen) atoms. The second-order valence-electron chi connectivity index (χ2n) is 27.3. The summed E-state index contributed by atoms with van der Waals surface area (Å²) in [5.74, 6) is 0. The molecule has 0 aromatic rings. The molecule has 1 aliphatic heterocycles. The zero-order valence-electron chi connectivity index (χ0n) is 60.4. The summed E-state index contributed by atoms with van der Waals surface area (Å²) in [6.07, 6.45) is 92.9. The Hall–Kier alpha value is 1.80. The maximum Gasteiger partial charge on any atom is 0.244 e. The fourth-order valence-electron chi connectivity index (χ4n) is 12.2. The van der Waals surface area contributed by atoms with Crippen LogP contribution in [0.15, 0.2) is 0 Å². The maximum absolute atomic E-state index is 5.85. The number of nitrogens with one attached hydrogen (secondary N) is 1. The molecule has 11 heteroatoms. The van der Waals surface area contributed by atoms with E-state index in [0.29, 0.717) is 26.4 Å². The summed E-state index contributed by atoms with van der Waals surface area (Å²) in [5, 5.41) is 3.28. The average molecular weight is 1360 g/mol. The Morgan fingerprint density at radius 2 is 0.341 bits per heavy atom. The number of thiol groups is 2. The molecule has 1 fully saturated rings. The molecule has 1 rings (SSSR count). The summed E-state index contributed by atoms with van der Waals surface area (Å²) in [6, 6.07) is 0. The van der Waals surface area contributed by atoms with E-state index in [1.165, 1.54) is 418 Å². The number of unbranched alkanes of at least 4 members (excludes halogenated alkanes) is 60. The minimum Gasteiger partial charge on any atom is -0.322 e. The first-order valence-electron chi connectivity index (χ1n) is 40.2. The van der Waals surface area contributed by atoms with Gasteiger partial charge in [0, 0.05) is 0 Å². The van der Waals surface area contributed by atoms with E-state index in [1.54, 1.807) is 0 Å². The minimum absolute atomic E-state index is 0.707. The van der Waals surface area contributed by atoms with E-state index in [9.17, 15) is 0 Å². The molecule has 5 nitrogen and oxygen atoms in total. The standard InChI is InChI=1S/2C36H75O2PS2.C5H11N/c2*1-3-5-7-9-11-13-15-17-19-21-23-25-27-29-31-33-35-37-39(40,41)38-36-34-32-30-28-26-24-22-20-18-16-14-12-10-8-6-4-2;1-2-4-6-5-3-1/h2*3-36H2,1-2H3,(H,40,41);6H,1-5H2. The zero-order chi connectivity index (χ0) is 64.2. The first-order valence-corrected chi connectivity index (χ1v) is 47.8. The third-order valence-corrected chi connectivity index (χ3v) is 22.9. The van der Waals surface area contributed by atoms with Crippen LogP contribution in [0.4, 0.5) is 0 Å². The smallest absolute Gasteiger partial charge is 0.244 e. The molecule has 0 unspecified atom stereocenters. The Morgan fingerprint density at radius 1 is 0.216 bits per heavy atom. The van der Waals surface area contributed by atoms with Gasteiger partial charge in [0.1, 0.15) is 0 Å². The van der Waals surface area contributed by atoms with Gasteiger partial charge in [-0.2, -0.15) is 0 Å². The van der Waals surface area contributed by atoms with Crippen LogP contribution in [0.5, 0.6) is 0 Å². The van der Waals surface area contributed by atoms with Crippen molar-refractivity contribution in [1.29, 1.82) is 0 Å². The van der Waals surface area contributed by atoms with Gasteiger partial charge in [-0.1, -0.05) is 444 Å². The van der Waals surface area contributed by atoms with Gasteiger partial charge in [0.15, 0.2) is 0 Å². The van der Waals surface area contributed by atoms with Crippen molar-refractivity contribution in [1.82, 2.24) is 5.32 Å². The van der Waals surface area contributed by atoms with Gasteiger partial charge < -0.3 is 23.4 Å². The molecule has 0 saturated carbocycles. The molecular formula is C77H161NO4P2S4. The van der Waals surface area contributed by atoms with Crippen molar-refractivity contribution >= 4 is 59.5 Å². The number of hydrogen-bond acceptors (Lipinski definition) is 7. The van der Waals surface area contributed by atoms with E-state index in [1.807, 2.05) is 0 Å². The Balaban J connectivity index is 0. The molecular weight excluding hydrogens is 1190 g/mol. The summed E-state index contributed by atoms with van der Waals surface area (Å²) in [7, 11) is 0. The van der Waals surface area contributed by atoms with E-state index in [2.05, 4.69) is 57.5 Å². The molecule has 532 valence electrons. The predicted octanol–water partition coefficient (Wildman–Crippen LogP) is 30.2. The van der Waals surface area contributed by atoms with Gasteiger partial charge >= 0.3 is 0 Å². The number of rotatable bonds is 72. The Bertz CT molecular complexity index is 1160. The van der Waals surface area contributed by atoms with Gasteiger partial charge in [-0.15, -0.1) is 0 Å². The topological polar surface area (TPSA) is 49.0 Å². The van der Waals surface area contributed by atoms with Crippen molar-refractivity contribution in [2.24, 2.45) is 0 Å². The monoisotopic (exact) mass is 1350 g/mol. The molecule has 1 N–H and O–H groups in total. The average Bonchev–Trinajstić information content (AvgIpc) is 3.58. The third-order valence-electron chi connectivity index (χ3n) is 18.2. The normalized spacial score (nSPS) is 12.8. The van der Waals surface area contributed by atoms with Gasteiger partial charge in [0.2, 0.25) is 11.4 Å². The van der Waals surface area contributed by atoms with Crippen LogP contribution in [-0.4, -0.2) is 39.5 Å². The van der Waals surface area contributed by atoms with E-state index in [-0.39, 0.29) is 0 Å². The maximum atomic E-state index is 5.85. The van der Waals surface area contributed by atoms with Crippen molar-refractivity contribution in [3.8, 4) is 0 Å². The number of hydrogen-bond donors (Lipinski definition) is 3. The van der Waals surface area contributed by atoms with Gasteiger partial charge in [0.05, 0.1) is 26.4 Å². The van der Waals surface area contributed by atoms with Crippen molar-refractivity contribution in [3.63, 3.8) is 0 Å². The molecule has 0 aromatic heterocycles. The summed E-state index contributed by atoms with van der Waals surface area (Å²) in [6.45, 7) is 14.5. The van der Waals surface area contributed by atoms with Gasteiger partial charge in [-0.25, -0.2) is 0 Å². The predicted molar refractivity (Wildman–Crippen MR) is 415 cm³/mol. The first kappa shape index (κ1) is 91.9. The fraction of sp³-hybridized carbons (Fsp3) is 1.00. The van der Waals surface area contributed by atoms with Gasteiger partial charge in [-0.3, -0.25) is 0 Å². The highest BCUT2D eigenvalue weighted by Gasteiger charge is 2.14. The lowest BCUT2D eigenvalue weighted by Crippen LogP contribution is -2.21. The summed E-state index contributed by atoms with van der Waals surface area (Å²) in [5.41, 5.74) is -4.69. The van der Waals surface area contributed by atoms with Crippen LogP contribution in [0.25, 0.3) is 0 Å². The van der Waals surface area contributed by atoms with Crippen LogP contribution in [0.3, 0.4) is 0 Å². The summed E-state index contributed by atoms with van der Waals surface area (Å²) < 4.78 is 23.4. The lowest BCUT2D eigenvalue weighted by Gasteiger charge is -2.16. The largest absolute Gasteiger partial charge is 0.322 e. The molecule has 0 bridgehead atoms. The number of piperidine rings is 1. The van der Waals surface area contributed by atoms with Crippen LogP contribution < -0.4 is 5.32 Å². The van der Waals surface area contributed by atoms with E-state index in [4.69, 9.17) is 41.7 Å². The van der Waals surface area contributed by atoms with Crippen molar-refractivity contribution in [2.75, 3.05) is 39.5 Å². The summed E-state index contributed by atoms with van der Waals surface area (Å²) in [4.78, 5) is 0. The Morgan fingerprint density at radius 3 is 0.443 bits per heavy atom. The molecule has 0 radical (unpaired) electrons. The van der Waals surface area contributed by atoms with Crippen molar-refractivity contribution in [3.05, 3.63) is 0 Å². The van der Waals surface area contributed by atoms with Gasteiger partial charge in [-0.05, 0) is 75.2 Å². The molecule has 0 spiro atoms. The van der Waals surface area contributed by atoms with Gasteiger partial charge in [0.25, 0.3) is 0 Å². The summed E-state index contributed by atoms with van der Waals surface area (Å²) >= 11 is 20.0. The third kappa shape index (κ3) is 85.8. The SMILES string of the molecule is C1CCNCC1.CCCCCCCCCCCCCCCCCCOP(=S)(S)OCCCCCCCCCCCCCCCCCC.CCCCCCCCCCCCCCCCCCOP(=S)(S)OCCCCCCCCCCCCCCCCCC. The molecule has 0 amide bonds. The van der Waals surface area contributed by atoms with Crippen LogP contribution in [0.2, 0.25) is 0 Å². The highest BCUT2D eigenvalue weighted by molar-refractivity contribution is 8.60. The molecule has 1 aliphatic rings. The van der Waals surface area contributed by atoms with Crippen LogP contribution in [-0.2, 0) is 41.7 Å². The zero-order valence-corrected chi connectivity index (χ0v) is 65.6. The highest BCUT2D eigenvalue weighted by atomic mass is 32.9. The van der Waals surface area contributed by atoms with Crippen molar-refractivity contribution < 1.29 is 18.1 Å². The Labute approximate surface area is 576 Å². The second kappa shape index (κ2) is 81.2. The first-order chi connectivity index (χ1) is 43.2. The minimum atomic E-state index is -2.34. The van der Waals surface area contributed by atoms with E-state index < -0.39 is 11.4 Å². The molecule has 0 aromatic carbocycles. The van der Waals surface area contributed by atoms with Crippen LogP contribution >= 0.6 is 35.9 Å². The molecule has 1 heterocycles.